The number of amides is 1. The lowest BCUT2D eigenvalue weighted by molar-refractivity contribution is -0.384. The van der Waals surface area contributed by atoms with Crippen LogP contribution in [0.4, 0.5) is 11.5 Å². The number of rotatable bonds is 7. The molecule has 0 fully saturated rings. The summed E-state index contributed by atoms with van der Waals surface area (Å²) >= 11 is 0. The molecule has 2 aromatic carbocycles. The Balaban J connectivity index is 1.64. The van der Waals surface area contributed by atoms with E-state index < -0.39 is 4.92 Å². The van der Waals surface area contributed by atoms with E-state index in [9.17, 15) is 14.9 Å². The molecule has 0 bridgehead atoms. The number of carbonyl (C=O) groups excluding carboxylic acids is 1. The van der Waals surface area contributed by atoms with Crippen molar-refractivity contribution in [3.05, 3.63) is 82.0 Å². The largest absolute Gasteiger partial charge is 0.311 e. The molecule has 0 unspecified atom stereocenters. The van der Waals surface area contributed by atoms with Gasteiger partial charge in [0.05, 0.1) is 16.3 Å². The number of nitro benzene ring substituents is 1. The fourth-order valence-corrected chi connectivity index (χ4v) is 2.80. The van der Waals surface area contributed by atoms with Gasteiger partial charge in [0.15, 0.2) is 0 Å². The molecule has 0 saturated heterocycles. The Bertz CT molecular complexity index is 934. The zero-order valence-corrected chi connectivity index (χ0v) is 15.0. The minimum atomic E-state index is -0.451. The average molecular weight is 364 g/mol. The first kappa shape index (κ1) is 18.3. The van der Waals surface area contributed by atoms with E-state index in [1.54, 1.807) is 22.9 Å². The Hall–Kier alpha value is -3.48. The maximum Gasteiger partial charge on any atom is 0.269 e. The quantitative estimate of drug-likeness (QED) is 0.506. The molecule has 0 saturated carbocycles. The van der Waals surface area contributed by atoms with Gasteiger partial charge in [-0.1, -0.05) is 30.3 Å². The number of hydrogen-bond donors (Lipinski definition) is 1. The second-order valence-corrected chi connectivity index (χ2v) is 6.24. The van der Waals surface area contributed by atoms with Crippen molar-refractivity contribution in [1.29, 1.82) is 0 Å². The van der Waals surface area contributed by atoms with Crippen molar-refractivity contribution in [2.45, 2.75) is 26.2 Å². The summed E-state index contributed by atoms with van der Waals surface area (Å²) in [5, 5.41) is 18.0. The predicted molar refractivity (Wildman–Crippen MR) is 103 cm³/mol. The zero-order valence-electron chi connectivity index (χ0n) is 15.0. The second kappa shape index (κ2) is 8.27. The maximum absolute atomic E-state index is 12.3. The summed E-state index contributed by atoms with van der Waals surface area (Å²) in [6.45, 7) is 1.83. The van der Waals surface area contributed by atoms with E-state index in [-0.39, 0.29) is 11.6 Å². The van der Waals surface area contributed by atoms with Gasteiger partial charge in [0.2, 0.25) is 5.91 Å². The molecule has 0 aliphatic rings. The number of aryl methyl sites for hydroxylation is 2. The van der Waals surface area contributed by atoms with Crippen molar-refractivity contribution in [3.63, 3.8) is 0 Å². The summed E-state index contributed by atoms with van der Waals surface area (Å²) < 4.78 is 1.58. The van der Waals surface area contributed by atoms with Gasteiger partial charge in [0.25, 0.3) is 5.69 Å². The number of carbonyl (C=O) groups is 1. The minimum Gasteiger partial charge on any atom is -0.311 e. The summed E-state index contributed by atoms with van der Waals surface area (Å²) in [7, 11) is 0. The second-order valence-electron chi connectivity index (χ2n) is 6.24. The molecule has 138 valence electrons. The van der Waals surface area contributed by atoms with Gasteiger partial charge < -0.3 is 5.32 Å². The van der Waals surface area contributed by atoms with E-state index in [2.05, 4.69) is 10.4 Å². The Morgan fingerprint density at radius 2 is 1.85 bits per heavy atom. The van der Waals surface area contributed by atoms with Crippen molar-refractivity contribution in [1.82, 2.24) is 9.78 Å². The van der Waals surface area contributed by atoms with Crippen molar-refractivity contribution in [2.24, 2.45) is 0 Å². The van der Waals surface area contributed by atoms with Crippen LogP contribution in [0, 0.1) is 17.0 Å². The van der Waals surface area contributed by atoms with Gasteiger partial charge in [-0.15, -0.1) is 0 Å². The number of aromatic nitrogens is 2. The Morgan fingerprint density at radius 1 is 1.15 bits per heavy atom. The molecule has 7 nitrogen and oxygen atoms in total. The topological polar surface area (TPSA) is 90.1 Å². The summed E-state index contributed by atoms with van der Waals surface area (Å²) in [6.07, 6.45) is 1.99. The fourth-order valence-electron chi connectivity index (χ4n) is 2.80. The average Bonchev–Trinajstić information content (AvgIpc) is 3.02. The third-order valence-corrected chi connectivity index (χ3v) is 4.12. The highest BCUT2D eigenvalue weighted by atomic mass is 16.6. The Kier molecular flexibility index (Phi) is 5.61. The lowest BCUT2D eigenvalue weighted by Crippen LogP contribution is -2.15. The van der Waals surface area contributed by atoms with E-state index >= 15 is 0 Å². The molecule has 27 heavy (non-hydrogen) atoms. The molecule has 3 aromatic rings. The van der Waals surface area contributed by atoms with E-state index in [0.717, 1.165) is 18.5 Å². The monoisotopic (exact) mass is 364 g/mol. The highest BCUT2D eigenvalue weighted by Crippen LogP contribution is 2.20. The van der Waals surface area contributed by atoms with Gasteiger partial charge in [-0.2, -0.15) is 5.10 Å². The highest BCUT2D eigenvalue weighted by molar-refractivity contribution is 5.90. The molecule has 1 N–H and O–H groups in total. The molecule has 1 amide bonds. The SMILES string of the molecule is Cc1cc(NC(=O)CCCc2ccccc2)n(-c2ccc([N+](=O)[O-])cc2)n1. The molecular formula is C20H20N4O3. The van der Waals surface area contributed by atoms with Crippen LogP contribution >= 0.6 is 0 Å². The maximum atomic E-state index is 12.3. The van der Waals surface area contributed by atoms with Crippen LogP contribution in [0.3, 0.4) is 0 Å². The van der Waals surface area contributed by atoms with Crippen molar-refractivity contribution in [2.75, 3.05) is 5.32 Å². The van der Waals surface area contributed by atoms with E-state index in [0.29, 0.717) is 17.9 Å². The third kappa shape index (κ3) is 4.78. The summed E-state index contributed by atoms with van der Waals surface area (Å²) in [4.78, 5) is 22.6. The van der Waals surface area contributed by atoms with Gasteiger partial charge in [0, 0.05) is 24.6 Å². The van der Waals surface area contributed by atoms with Crippen LogP contribution in [0.25, 0.3) is 5.69 Å². The summed E-state index contributed by atoms with van der Waals surface area (Å²) in [5.74, 6) is 0.458. The molecule has 7 heteroatoms. The number of benzene rings is 2. The first-order valence-corrected chi connectivity index (χ1v) is 8.68. The summed E-state index contributed by atoms with van der Waals surface area (Å²) in [5.41, 5.74) is 2.60. The number of hydrogen-bond acceptors (Lipinski definition) is 4. The molecule has 0 aliphatic heterocycles. The molecule has 0 atom stereocenters. The standard InChI is InChI=1S/C20H20N4O3/c1-15-14-19(21-20(25)9-5-8-16-6-3-2-4-7-16)23(22-15)17-10-12-18(13-11-17)24(26)27/h2-4,6-7,10-14H,5,8-9H2,1H3,(H,21,25). The Labute approximate surface area is 156 Å². The van der Waals surface area contributed by atoms with Gasteiger partial charge in [0.1, 0.15) is 5.82 Å². The smallest absolute Gasteiger partial charge is 0.269 e. The molecule has 0 aliphatic carbocycles. The van der Waals surface area contributed by atoms with Crippen molar-refractivity contribution < 1.29 is 9.72 Å². The normalized spacial score (nSPS) is 10.6. The Morgan fingerprint density at radius 3 is 2.52 bits per heavy atom. The number of non-ortho nitro benzene ring substituents is 1. The van der Waals surface area contributed by atoms with Crippen LogP contribution in [0.5, 0.6) is 0 Å². The minimum absolute atomic E-state index is 0.00845. The van der Waals surface area contributed by atoms with E-state index in [1.807, 2.05) is 37.3 Å². The number of anilines is 1. The first-order chi connectivity index (χ1) is 13.0. The highest BCUT2D eigenvalue weighted by Gasteiger charge is 2.12. The van der Waals surface area contributed by atoms with Gasteiger partial charge in [-0.05, 0) is 37.5 Å². The van der Waals surface area contributed by atoms with Crippen molar-refractivity contribution >= 4 is 17.4 Å². The first-order valence-electron chi connectivity index (χ1n) is 8.68. The van der Waals surface area contributed by atoms with Gasteiger partial charge in [-0.3, -0.25) is 14.9 Å². The number of nitrogens with zero attached hydrogens (tertiary/aromatic N) is 3. The van der Waals surface area contributed by atoms with Gasteiger partial charge >= 0.3 is 0 Å². The van der Waals surface area contributed by atoms with Gasteiger partial charge in [-0.25, -0.2) is 4.68 Å². The van der Waals surface area contributed by atoms with Crippen LogP contribution in [0.15, 0.2) is 60.7 Å². The number of nitrogens with one attached hydrogen (secondary N) is 1. The molecule has 3 rings (SSSR count). The third-order valence-electron chi connectivity index (χ3n) is 4.12. The van der Waals surface area contributed by atoms with Crippen molar-refractivity contribution in [3.8, 4) is 5.69 Å². The lowest BCUT2D eigenvalue weighted by atomic mass is 10.1. The van der Waals surface area contributed by atoms with Crippen LogP contribution in [0.1, 0.15) is 24.1 Å². The lowest BCUT2D eigenvalue weighted by Gasteiger charge is -2.09. The fraction of sp³-hybridized carbons (Fsp3) is 0.200. The molecule has 1 heterocycles. The van der Waals surface area contributed by atoms with Crippen LogP contribution < -0.4 is 5.32 Å². The number of nitro groups is 1. The molecule has 0 radical (unpaired) electrons. The zero-order chi connectivity index (χ0) is 19.2. The van der Waals surface area contributed by atoms with E-state index in [4.69, 9.17) is 0 Å². The molecule has 1 aromatic heterocycles. The van der Waals surface area contributed by atoms with Crippen LogP contribution in [-0.2, 0) is 11.2 Å². The van der Waals surface area contributed by atoms with E-state index in [1.165, 1.54) is 17.7 Å². The summed E-state index contributed by atoms with van der Waals surface area (Å²) in [6, 6.07) is 17.9. The predicted octanol–water partition coefficient (Wildman–Crippen LogP) is 4.05. The van der Waals surface area contributed by atoms with Crippen LogP contribution in [0.2, 0.25) is 0 Å². The molecular weight excluding hydrogens is 344 g/mol. The van der Waals surface area contributed by atoms with Crippen LogP contribution in [-0.4, -0.2) is 20.6 Å². The molecule has 0 spiro atoms.